The molecule has 2 aromatic heterocycles. The Balaban J connectivity index is 2.43. The van der Waals surface area contributed by atoms with Crippen molar-refractivity contribution in [3.05, 3.63) is 34.4 Å². The van der Waals surface area contributed by atoms with Crippen molar-refractivity contribution in [1.29, 1.82) is 0 Å². The maximum atomic E-state index is 10.8. The standard InChI is InChI=1S/C11H7BrN2O2/c12-6-3-1-2-5-9(6)13-7-4-8(11(15)16)14-10(5)7/h1-4,13-14H,(H,15,16). The van der Waals surface area contributed by atoms with Crippen molar-refractivity contribution in [2.24, 2.45) is 0 Å². The Hall–Kier alpha value is -1.75. The molecule has 0 unspecified atom stereocenters. The fourth-order valence-corrected chi connectivity index (χ4v) is 2.34. The van der Waals surface area contributed by atoms with Gasteiger partial charge in [-0.2, -0.15) is 0 Å². The highest BCUT2D eigenvalue weighted by atomic mass is 79.9. The Labute approximate surface area is 98.4 Å². The van der Waals surface area contributed by atoms with Gasteiger partial charge in [0.1, 0.15) is 5.69 Å². The number of hydrogen-bond acceptors (Lipinski definition) is 1. The molecule has 0 atom stereocenters. The minimum Gasteiger partial charge on any atom is -0.477 e. The van der Waals surface area contributed by atoms with E-state index < -0.39 is 5.97 Å². The number of aromatic nitrogens is 2. The lowest BCUT2D eigenvalue weighted by atomic mass is 10.2. The van der Waals surface area contributed by atoms with Crippen LogP contribution in [0.1, 0.15) is 10.5 Å². The molecule has 80 valence electrons. The van der Waals surface area contributed by atoms with Crippen LogP contribution in [0.5, 0.6) is 0 Å². The summed E-state index contributed by atoms with van der Waals surface area (Å²) in [4.78, 5) is 16.9. The van der Waals surface area contributed by atoms with Crippen molar-refractivity contribution in [2.75, 3.05) is 0 Å². The molecule has 3 N–H and O–H groups in total. The number of carboxylic acid groups (broad SMARTS) is 1. The minimum atomic E-state index is -0.951. The van der Waals surface area contributed by atoms with Gasteiger partial charge in [0, 0.05) is 9.86 Å². The number of aromatic amines is 2. The normalized spacial score (nSPS) is 11.3. The minimum absolute atomic E-state index is 0.197. The summed E-state index contributed by atoms with van der Waals surface area (Å²) in [6.07, 6.45) is 0. The SMILES string of the molecule is O=C(O)c1cc2[nH]c3c(Br)cccc3c2[nH]1. The Morgan fingerprint density at radius 3 is 2.81 bits per heavy atom. The van der Waals surface area contributed by atoms with E-state index in [1.807, 2.05) is 18.2 Å². The fraction of sp³-hybridized carbons (Fsp3) is 0. The first-order valence-electron chi connectivity index (χ1n) is 4.69. The largest absolute Gasteiger partial charge is 0.477 e. The smallest absolute Gasteiger partial charge is 0.352 e. The quantitative estimate of drug-likeness (QED) is 0.640. The predicted molar refractivity (Wildman–Crippen MR) is 64.8 cm³/mol. The molecule has 3 rings (SSSR count). The average Bonchev–Trinajstić information content (AvgIpc) is 2.76. The van der Waals surface area contributed by atoms with E-state index in [4.69, 9.17) is 5.11 Å². The van der Waals surface area contributed by atoms with E-state index in [2.05, 4.69) is 25.9 Å². The Bertz CT molecular complexity index is 711. The molecule has 0 fully saturated rings. The summed E-state index contributed by atoms with van der Waals surface area (Å²) in [5.74, 6) is -0.951. The number of benzene rings is 1. The lowest BCUT2D eigenvalue weighted by Crippen LogP contribution is -1.95. The molecule has 16 heavy (non-hydrogen) atoms. The van der Waals surface area contributed by atoms with Gasteiger partial charge in [-0.25, -0.2) is 4.79 Å². The second-order valence-corrected chi connectivity index (χ2v) is 4.42. The molecule has 0 aliphatic rings. The number of hydrogen-bond donors (Lipinski definition) is 3. The van der Waals surface area contributed by atoms with Crippen LogP contribution in [0, 0.1) is 0 Å². The number of carboxylic acids is 1. The molecule has 0 bridgehead atoms. The van der Waals surface area contributed by atoms with Gasteiger partial charge >= 0.3 is 5.97 Å². The van der Waals surface area contributed by atoms with Crippen LogP contribution < -0.4 is 0 Å². The van der Waals surface area contributed by atoms with Crippen LogP contribution in [-0.2, 0) is 0 Å². The summed E-state index contributed by atoms with van der Waals surface area (Å²) >= 11 is 3.45. The summed E-state index contributed by atoms with van der Waals surface area (Å²) in [5.41, 5.74) is 2.80. The topological polar surface area (TPSA) is 68.9 Å². The number of rotatable bonds is 1. The third kappa shape index (κ3) is 1.18. The Morgan fingerprint density at radius 2 is 2.06 bits per heavy atom. The number of nitrogens with one attached hydrogen (secondary N) is 2. The van der Waals surface area contributed by atoms with Gasteiger partial charge in [-0.1, -0.05) is 12.1 Å². The molecule has 0 aliphatic heterocycles. The summed E-state index contributed by atoms with van der Waals surface area (Å²) in [6, 6.07) is 7.40. The zero-order chi connectivity index (χ0) is 11.3. The van der Waals surface area contributed by atoms with Gasteiger partial charge in [-0.05, 0) is 28.1 Å². The summed E-state index contributed by atoms with van der Waals surface area (Å²) in [7, 11) is 0. The van der Waals surface area contributed by atoms with E-state index >= 15 is 0 Å². The molecule has 3 aromatic rings. The maximum absolute atomic E-state index is 10.8. The molecule has 5 heteroatoms. The van der Waals surface area contributed by atoms with E-state index in [-0.39, 0.29) is 5.69 Å². The molecule has 0 radical (unpaired) electrons. The van der Waals surface area contributed by atoms with Crippen LogP contribution in [0.25, 0.3) is 21.9 Å². The first-order valence-corrected chi connectivity index (χ1v) is 5.48. The van der Waals surface area contributed by atoms with Crippen molar-refractivity contribution in [3.8, 4) is 0 Å². The Kier molecular flexibility index (Phi) is 1.85. The van der Waals surface area contributed by atoms with Gasteiger partial charge in [-0.3, -0.25) is 0 Å². The molecule has 2 heterocycles. The van der Waals surface area contributed by atoms with E-state index in [0.717, 1.165) is 26.4 Å². The second-order valence-electron chi connectivity index (χ2n) is 3.56. The van der Waals surface area contributed by atoms with Crippen LogP contribution >= 0.6 is 15.9 Å². The third-order valence-electron chi connectivity index (χ3n) is 2.59. The van der Waals surface area contributed by atoms with Crippen molar-refractivity contribution >= 4 is 43.8 Å². The van der Waals surface area contributed by atoms with Gasteiger partial charge in [0.2, 0.25) is 0 Å². The third-order valence-corrected chi connectivity index (χ3v) is 3.25. The van der Waals surface area contributed by atoms with Crippen molar-refractivity contribution < 1.29 is 9.90 Å². The average molecular weight is 279 g/mol. The molecule has 0 amide bonds. The zero-order valence-corrected chi connectivity index (χ0v) is 9.63. The van der Waals surface area contributed by atoms with E-state index in [9.17, 15) is 4.79 Å². The first kappa shape index (κ1) is 9.47. The number of halogens is 1. The molecule has 0 saturated heterocycles. The van der Waals surface area contributed by atoms with Crippen molar-refractivity contribution in [2.45, 2.75) is 0 Å². The number of fused-ring (bicyclic) bond motifs is 3. The molecular weight excluding hydrogens is 272 g/mol. The highest BCUT2D eigenvalue weighted by Gasteiger charge is 2.12. The molecule has 0 saturated carbocycles. The molecule has 4 nitrogen and oxygen atoms in total. The number of para-hydroxylation sites is 1. The summed E-state index contributed by atoms with van der Waals surface area (Å²) in [6.45, 7) is 0. The van der Waals surface area contributed by atoms with Crippen molar-refractivity contribution in [3.63, 3.8) is 0 Å². The van der Waals surface area contributed by atoms with Crippen LogP contribution in [-0.4, -0.2) is 21.0 Å². The van der Waals surface area contributed by atoms with E-state index in [1.165, 1.54) is 0 Å². The lowest BCUT2D eigenvalue weighted by Gasteiger charge is -1.93. The molecule has 0 spiro atoms. The van der Waals surface area contributed by atoms with Gasteiger partial charge < -0.3 is 15.1 Å². The molecule has 1 aromatic carbocycles. The fourth-order valence-electron chi connectivity index (χ4n) is 1.87. The van der Waals surface area contributed by atoms with Gasteiger partial charge in [0.15, 0.2) is 0 Å². The molecule has 0 aliphatic carbocycles. The monoisotopic (exact) mass is 278 g/mol. The lowest BCUT2D eigenvalue weighted by molar-refractivity contribution is 0.0691. The predicted octanol–water partition coefficient (Wildman–Crippen LogP) is 3.11. The van der Waals surface area contributed by atoms with E-state index in [0.29, 0.717) is 0 Å². The van der Waals surface area contributed by atoms with Gasteiger partial charge in [0.05, 0.1) is 16.6 Å². The van der Waals surface area contributed by atoms with E-state index in [1.54, 1.807) is 6.07 Å². The van der Waals surface area contributed by atoms with Crippen LogP contribution in [0.15, 0.2) is 28.7 Å². The van der Waals surface area contributed by atoms with Crippen LogP contribution in [0.4, 0.5) is 0 Å². The number of carbonyl (C=O) groups is 1. The highest BCUT2D eigenvalue weighted by Crippen LogP contribution is 2.30. The summed E-state index contributed by atoms with van der Waals surface area (Å²) in [5, 5.41) is 9.86. The van der Waals surface area contributed by atoms with Gasteiger partial charge in [0.25, 0.3) is 0 Å². The highest BCUT2D eigenvalue weighted by molar-refractivity contribution is 9.10. The van der Waals surface area contributed by atoms with Gasteiger partial charge in [-0.15, -0.1) is 0 Å². The first-order chi connectivity index (χ1) is 7.66. The second kappa shape index (κ2) is 3.12. The molecular formula is C11H7BrN2O2. The van der Waals surface area contributed by atoms with Crippen LogP contribution in [0.2, 0.25) is 0 Å². The van der Waals surface area contributed by atoms with Crippen molar-refractivity contribution in [1.82, 2.24) is 9.97 Å². The number of aromatic carboxylic acids is 1. The zero-order valence-electron chi connectivity index (χ0n) is 8.04. The Morgan fingerprint density at radius 1 is 1.25 bits per heavy atom. The van der Waals surface area contributed by atoms with Crippen LogP contribution in [0.3, 0.4) is 0 Å². The maximum Gasteiger partial charge on any atom is 0.352 e. The summed E-state index contributed by atoms with van der Waals surface area (Å²) < 4.78 is 0.964. The number of H-pyrrole nitrogens is 2.